The van der Waals surface area contributed by atoms with Crippen molar-refractivity contribution in [3.05, 3.63) is 0 Å². The smallest absolute Gasteiger partial charge is 0.00105 e. The van der Waals surface area contributed by atoms with Gasteiger partial charge in [0.25, 0.3) is 0 Å². The third kappa shape index (κ3) is 1.58. The summed E-state index contributed by atoms with van der Waals surface area (Å²) in [6.07, 6.45) is 7.34. The van der Waals surface area contributed by atoms with Crippen LogP contribution in [0.25, 0.3) is 0 Å². The van der Waals surface area contributed by atoms with Crippen molar-refractivity contribution < 1.29 is 0 Å². The van der Waals surface area contributed by atoms with E-state index in [4.69, 9.17) is 0 Å². The Morgan fingerprint density at radius 3 is 2.55 bits per heavy atom. The van der Waals surface area contributed by atoms with Gasteiger partial charge >= 0.3 is 0 Å². The van der Waals surface area contributed by atoms with Gasteiger partial charge in [0, 0.05) is 6.54 Å². The molecule has 0 radical (unpaired) electrons. The molecule has 2 rings (SSSR count). The van der Waals surface area contributed by atoms with E-state index in [1.165, 1.54) is 45.2 Å². The van der Waals surface area contributed by atoms with E-state index >= 15 is 0 Å². The van der Waals surface area contributed by atoms with Gasteiger partial charge in [0.1, 0.15) is 0 Å². The molecule has 0 spiro atoms. The highest BCUT2D eigenvalue weighted by molar-refractivity contribution is 5.04. The molecule has 11 heavy (non-hydrogen) atoms. The molecule has 0 bridgehead atoms. The number of hydrogen-bond donors (Lipinski definition) is 1. The third-order valence-corrected chi connectivity index (χ3v) is 3.24. The van der Waals surface area contributed by atoms with Gasteiger partial charge in [-0.05, 0) is 50.0 Å². The second-order valence-corrected chi connectivity index (χ2v) is 4.31. The second-order valence-electron chi connectivity index (χ2n) is 4.31. The first-order valence-electron chi connectivity index (χ1n) is 5.08. The van der Waals surface area contributed by atoms with Crippen LogP contribution in [0.1, 0.15) is 39.0 Å². The van der Waals surface area contributed by atoms with Crippen LogP contribution in [0.4, 0.5) is 0 Å². The summed E-state index contributed by atoms with van der Waals surface area (Å²) in [4.78, 5) is 0. The summed E-state index contributed by atoms with van der Waals surface area (Å²) in [5, 5.41) is 3.56. The molecule has 0 atom stereocenters. The van der Waals surface area contributed by atoms with Crippen LogP contribution in [-0.2, 0) is 0 Å². The van der Waals surface area contributed by atoms with E-state index in [2.05, 4.69) is 12.2 Å². The van der Waals surface area contributed by atoms with Gasteiger partial charge in [0.15, 0.2) is 0 Å². The Morgan fingerprint density at radius 2 is 2.09 bits per heavy atom. The van der Waals surface area contributed by atoms with E-state index in [1.807, 2.05) is 0 Å². The summed E-state index contributed by atoms with van der Waals surface area (Å²) in [5.74, 6) is 1.12. The maximum atomic E-state index is 3.56. The lowest BCUT2D eigenvalue weighted by Gasteiger charge is -2.13. The predicted molar refractivity (Wildman–Crippen MR) is 47.6 cm³/mol. The zero-order chi connectivity index (χ0) is 7.73. The van der Waals surface area contributed by atoms with E-state index in [-0.39, 0.29) is 0 Å². The Kier molecular flexibility index (Phi) is 1.92. The molecule has 1 N–H and O–H groups in total. The van der Waals surface area contributed by atoms with Crippen LogP contribution >= 0.6 is 0 Å². The Hall–Kier alpha value is -0.0400. The van der Waals surface area contributed by atoms with E-state index in [1.54, 1.807) is 0 Å². The molecule has 2 saturated carbocycles. The predicted octanol–water partition coefficient (Wildman–Crippen LogP) is 2.18. The topological polar surface area (TPSA) is 12.0 Å². The summed E-state index contributed by atoms with van der Waals surface area (Å²) in [6, 6.07) is 0. The first kappa shape index (κ1) is 7.60. The number of rotatable bonds is 5. The molecule has 1 heteroatoms. The van der Waals surface area contributed by atoms with Crippen LogP contribution in [0, 0.1) is 11.3 Å². The first-order chi connectivity index (χ1) is 5.37. The van der Waals surface area contributed by atoms with Gasteiger partial charge in [-0.2, -0.15) is 0 Å². The van der Waals surface area contributed by atoms with E-state index in [9.17, 15) is 0 Å². The molecule has 64 valence electrons. The Balaban J connectivity index is 1.68. The lowest BCUT2D eigenvalue weighted by atomic mass is 10.0. The van der Waals surface area contributed by atoms with Crippen molar-refractivity contribution in [2.24, 2.45) is 11.3 Å². The van der Waals surface area contributed by atoms with Crippen LogP contribution in [-0.4, -0.2) is 13.1 Å². The molecule has 0 amide bonds. The zero-order valence-corrected chi connectivity index (χ0v) is 7.53. The lowest BCUT2D eigenvalue weighted by Crippen LogP contribution is -2.25. The van der Waals surface area contributed by atoms with Crippen LogP contribution in [0.5, 0.6) is 0 Å². The van der Waals surface area contributed by atoms with E-state index in [0.29, 0.717) is 0 Å². The number of hydrogen-bond acceptors (Lipinski definition) is 1. The quantitative estimate of drug-likeness (QED) is 0.597. The van der Waals surface area contributed by atoms with Gasteiger partial charge < -0.3 is 5.32 Å². The molecular weight excluding hydrogens is 134 g/mol. The Bertz CT molecular complexity index is 134. The fourth-order valence-electron chi connectivity index (χ4n) is 2.10. The molecule has 0 aliphatic heterocycles. The summed E-state index contributed by atoms with van der Waals surface area (Å²) < 4.78 is 0. The van der Waals surface area contributed by atoms with Crippen LogP contribution in [0.2, 0.25) is 0 Å². The van der Waals surface area contributed by atoms with Crippen LogP contribution in [0.3, 0.4) is 0 Å². The Morgan fingerprint density at radius 1 is 1.36 bits per heavy atom. The summed E-state index contributed by atoms with van der Waals surface area (Å²) >= 11 is 0. The molecule has 2 aliphatic carbocycles. The van der Waals surface area contributed by atoms with Crippen LogP contribution < -0.4 is 5.32 Å². The molecule has 2 aliphatic rings. The maximum Gasteiger partial charge on any atom is 0.00105 e. The Labute approximate surface area is 69.6 Å². The summed E-state index contributed by atoms with van der Waals surface area (Å²) in [7, 11) is 0. The van der Waals surface area contributed by atoms with Crippen molar-refractivity contribution in [1.82, 2.24) is 5.32 Å². The average molecular weight is 153 g/mol. The van der Waals surface area contributed by atoms with Gasteiger partial charge in [0.2, 0.25) is 0 Å². The lowest BCUT2D eigenvalue weighted by molar-refractivity contribution is 0.405. The first-order valence-corrected chi connectivity index (χ1v) is 5.08. The molecule has 0 aromatic carbocycles. The second kappa shape index (κ2) is 2.78. The monoisotopic (exact) mass is 153 g/mol. The van der Waals surface area contributed by atoms with E-state index in [0.717, 1.165) is 11.3 Å². The fourth-order valence-corrected chi connectivity index (χ4v) is 2.10. The molecule has 2 fully saturated rings. The van der Waals surface area contributed by atoms with Crippen LogP contribution in [0.15, 0.2) is 0 Å². The molecule has 0 heterocycles. The standard InChI is InChI=1S/C10H19N/c1-2-7-11-8-10(5-6-10)9-3-4-9/h9,11H,2-8H2,1H3. The van der Waals surface area contributed by atoms with Gasteiger partial charge in [-0.1, -0.05) is 6.92 Å². The SMILES string of the molecule is CCCNCC1(C2CC2)CC1. The molecule has 0 unspecified atom stereocenters. The molecular formula is C10H19N. The highest BCUT2D eigenvalue weighted by atomic mass is 14.9. The average Bonchev–Trinajstić information content (AvgIpc) is 2.84. The van der Waals surface area contributed by atoms with Crippen molar-refractivity contribution in [2.45, 2.75) is 39.0 Å². The minimum Gasteiger partial charge on any atom is -0.316 e. The van der Waals surface area contributed by atoms with Crippen molar-refractivity contribution in [3.63, 3.8) is 0 Å². The number of nitrogens with one attached hydrogen (secondary N) is 1. The third-order valence-electron chi connectivity index (χ3n) is 3.24. The molecule has 0 saturated heterocycles. The zero-order valence-electron chi connectivity index (χ0n) is 7.53. The molecule has 0 aromatic rings. The summed E-state index contributed by atoms with van der Waals surface area (Å²) in [5.41, 5.74) is 0.801. The van der Waals surface area contributed by atoms with Gasteiger partial charge in [-0.15, -0.1) is 0 Å². The molecule has 0 aromatic heterocycles. The van der Waals surface area contributed by atoms with Crippen molar-refractivity contribution in [1.29, 1.82) is 0 Å². The van der Waals surface area contributed by atoms with E-state index < -0.39 is 0 Å². The van der Waals surface area contributed by atoms with Crippen molar-refractivity contribution in [2.75, 3.05) is 13.1 Å². The summed E-state index contributed by atoms with van der Waals surface area (Å²) in [6.45, 7) is 4.77. The maximum absolute atomic E-state index is 3.56. The minimum atomic E-state index is 0.801. The normalized spacial score (nSPS) is 27.0. The fraction of sp³-hybridized carbons (Fsp3) is 1.00. The van der Waals surface area contributed by atoms with Gasteiger partial charge in [0.05, 0.1) is 0 Å². The minimum absolute atomic E-state index is 0.801. The largest absolute Gasteiger partial charge is 0.316 e. The highest BCUT2D eigenvalue weighted by Gasteiger charge is 2.52. The highest BCUT2D eigenvalue weighted by Crippen LogP contribution is 2.60. The van der Waals surface area contributed by atoms with Crippen molar-refractivity contribution >= 4 is 0 Å². The van der Waals surface area contributed by atoms with Gasteiger partial charge in [-0.25, -0.2) is 0 Å². The van der Waals surface area contributed by atoms with Gasteiger partial charge in [-0.3, -0.25) is 0 Å². The molecule has 1 nitrogen and oxygen atoms in total. The van der Waals surface area contributed by atoms with Crippen molar-refractivity contribution in [3.8, 4) is 0 Å².